The van der Waals surface area contributed by atoms with Gasteiger partial charge in [0.1, 0.15) is 11.6 Å². The number of aryl methyl sites for hydroxylation is 1. The average Bonchev–Trinajstić information content (AvgIpc) is 2.20. The molecule has 16 heavy (non-hydrogen) atoms. The third-order valence-corrected chi connectivity index (χ3v) is 2.50. The summed E-state index contributed by atoms with van der Waals surface area (Å²) in [7, 11) is 0. The van der Waals surface area contributed by atoms with E-state index in [2.05, 4.69) is 0 Å². The third kappa shape index (κ3) is 2.99. The summed E-state index contributed by atoms with van der Waals surface area (Å²) in [5.74, 6) is -0.997. The van der Waals surface area contributed by atoms with Crippen LogP contribution in [0.1, 0.15) is 36.2 Å². The van der Waals surface area contributed by atoms with Crippen LogP contribution in [0.2, 0.25) is 0 Å². The van der Waals surface area contributed by atoms with Gasteiger partial charge in [0, 0.05) is 17.9 Å². The molecule has 0 aliphatic carbocycles. The number of rotatable bonds is 4. The second-order valence-corrected chi connectivity index (χ2v) is 4.14. The van der Waals surface area contributed by atoms with E-state index in [0.29, 0.717) is 11.1 Å². The van der Waals surface area contributed by atoms with Crippen LogP contribution < -0.4 is 0 Å². The molecule has 0 saturated carbocycles. The summed E-state index contributed by atoms with van der Waals surface area (Å²) in [5, 5.41) is 0. The molecule has 0 fully saturated rings. The van der Waals surface area contributed by atoms with Crippen LogP contribution in [0.4, 0.5) is 4.39 Å². The van der Waals surface area contributed by atoms with Crippen molar-refractivity contribution < 1.29 is 14.0 Å². The average molecular weight is 222 g/mol. The van der Waals surface area contributed by atoms with Crippen LogP contribution in [0, 0.1) is 18.7 Å². The summed E-state index contributed by atoms with van der Waals surface area (Å²) in [4.78, 5) is 22.7. The molecule has 2 nitrogen and oxygen atoms in total. The van der Waals surface area contributed by atoms with E-state index >= 15 is 0 Å². The maximum absolute atomic E-state index is 13.2. The first-order chi connectivity index (χ1) is 7.41. The highest BCUT2D eigenvalue weighted by Gasteiger charge is 2.17. The van der Waals surface area contributed by atoms with Gasteiger partial charge >= 0.3 is 0 Å². The van der Waals surface area contributed by atoms with E-state index in [4.69, 9.17) is 0 Å². The Bertz CT molecular complexity index is 424. The largest absolute Gasteiger partial charge is 0.300 e. The number of halogens is 1. The lowest BCUT2D eigenvalue weighted by atomic mass is 9.94. The first-order valence-electron chi connectivity index (χ1n) is 5.21. The van der Waals surface area contributed by atoms with Gasteiger partial charge < -0.3 is 4.79 Å². The summed E-state index contributed by atoms with van der Waals surface area (Å²) in [6.45, 7) is 4.77. The van der Waals surface area contributed by atoms with Crippen molar-refractivity contribution in [3.8, 4) is 0 Å². The number of Topliss-reactive ketones (excluding diaryl/α,β-unsaturated/α-hetero) is 2. The number of hydrogen-bond donors (Lipinski definition) is 0. The lowest BCUT2D eigenvalue weighted by Gasteiger charge is -2.08. The number of ketones is 2. The van der Waals surface area contributed by atoms with E-state index < -0.39 is 0 Å². The minimum atomic E-state index is -0.389. The predicted octanol–water partition coefficient (Wildman–Crippen LogP) is 2.93. The van der Waals surface area contributed by atoms with Gasteiger partial charge in [0.25, 0.3) is 0 Å². The Morgan fingerprint density at radius 1 is 1.38 bits per heavy atom. The van der Waals surface area contributed by atoms with E-state index in [1.807, 2.05) is 0 Å². The van der Waals surface area contributed by atoms with E-state index in [-0.39, 0.29) is 29.7 Å². The Morgan fingerprint density at radius 3 is 2.50 bits per heavy atom. The molecule has 1 atom stereocenters. The second kappa shape index (κ2) is 5.01. The maximum atomic E-state index is 13.2. The van der Waals surface area contributed by atoms with Gasteiger partial charge in [-0.05, 0) is 25.5 Å². The van der Waals surface area contributed by atoms with Crippen molar-refractivity contribution in [1.82, 2.24) is 0 Å². The van der Waals surface area contributed by atoms with Crippen LogP contribution >= 0.6 is 0 Å². The Balaban J connectivity index is 2.88. The second-order valence-electron chi connectivity index (χ2n) is 4.14. The highest BCUT2D eigenvalue weighted by molar-refractivity contribution is 5.99. The zero-order chi connectivity index (χ0) is 12.3. The molecule has 0 N–H and O–H groups in total. The molecule has 1 unspecified atom stereocenters. The van der Waals surface area contributed by atoms with Crippen molar-refractivity contribution in [3.05, 3.63) is 35.1 Å². The van der Waals surface area contributed by atoms with Crippen molar-refractivity contribution in [2.45, 2.75) is 27.2 Å². The molecular weight excluding hydrogens is 207 g/mol. The summed E-state index contributed by atoms with van der Waals surface area (Å²) >= 11 is 0. The molecule has 0 aliphatic rings. The molecule has 0 heterocycles. The van der Waals surface area contributed by atoms with Crippen molar-refractivity contribution in [1.29, 1.82) is 0 Å². The Kier molecular flexibility index (Phi) is 3.93. The standard InChI is InChI=1S/C13H15FO2/c1-8-4-5-11(7-12(8)14)13(16)9(2)6-10(3)15/h4-5,7,9H,6H2,1-3H3. The van der Waals surface area contributed by atoms with E-state index in [9.17, 15) is 14.0 Å². The summed E-state index contributed by atoms with van der Waals surface area (Å²) in [5.41, 5.74) is 0.840. The molecule has 0 amide bonds. The Labute approximate surface area is 94.5 Å². The van der Waals surface area contributed by atoms with Crippen LogP contribution in [0.5, 0.6) is 0 Å². The molecular formula is C13H15FO2. The van der Waals surface area contributed by atoms with E-state index in [0.717, 1.165) is 0 Å². The molecule has 0 radical (unpaired) electrons. The van der Waals surface area contributed by atoms with Crippen LogP contribution in [-0.4, -0.2) is 11.6 Å². The van der Waals surface area contributed by atoms with Crippen LogP contribution in [0.25, 0.3) is 0 Å². The highest BCUT2D eigenvalue weighted by Crippen LogP contribution is 2.15. The third-order valence-electron chi connectivity index (χ3n) is 2.50. The lowest BCUT2D eigenvalue weighted by molar-refractivity contribution is -0.117. The first-order valence-corrected chi connectivity index (χ1v) is 5.21. The summed E-state index contributed by atoms with van der Waals surface area (Å²) in [6, 6.07) is 4.40. The first kappa shape index (κ1) is 12.6. The SMILES string of the molecule is CC(=O)CC(C)C(=O)c1ccc(C)c(F)c1. The van der Waals surface area contributed by atoms with Crippen molar-refractivity contribution in [2.75, 3.05) is 0 Å². The van der Waals surface area contributed by atoms with Crippen LogP contribution in [0.3, 0.4) is 0 Å². The number of carbonyl (C=O) groups excluding carboxylic acids is 2. The molecule has 0 aliphatic heterocycles. The minimum absolute atomic E-state index is 0.0339. The molecule has 0 bridgehead atoms. The van der Waals surface area contributed by atoms with Gasteiger partial charge in [-0.1, -0.05) is 19.1 Å². The molecule has 86 valence electrons. The van der Waals surface area contributed by atoms with Crippen LogP contribution in [0.15, 0.2) is 18.2 Å². The molecule has 0 saturated heterocycles. The highest BCUT2D eigenvalue weighted by atomic mass is 19.1. The van der Waals surface area contributed by atoms with Gasteiger partial charge in [0.15, 0.2) is 5.78 Å². The van der Waals surface area contributed by atoms with Crippen molar-refractivity contribution in [3.63, 3.8) is 0 Å². The fraction of sp³-hybridized carbons (Fsp3) is 0.385. The molecule has 1 aromatic carbocycles. The number of hydrogen-bond acceptors (Lipinski definition) is 2. The topological polar surface area (TPSA) is 34.1 Å². The Morgan fingerprint density at radius 2 is 2.00 bits per heavy atom. The quantitative estimate of drug-likeness (QED) is 0.734. The lowest BCUT2D eigenvalue weighted by Crippen LogP contribution is -2.14. The van der Waals surface area contributed by atoms with E-state index in [1.165, 1.54) is 13.0 Å². The van der Waals surface area contributed by atoms with Gasteiger partial charge in [-0.3, -0.25) is 4.79 Å². The van der Waals surface area contributed by atoms with Crippen molar-refractivity contribution >= 4 is 11.6 Å². The summed E-state index contributed by atoms with van der Waals surface area (Å²) in [6.07, 6.45) is 0.203. The molecule has 1 aromatic rings. The fourth-order valence-corrected chi connectivity index (χ4v) is 1.55. The zero-order valence-electron chi connectivity index (χ0n) is 9.71. The van der Waals surface area contributed by atoms with Gasteiger partial charge in [0.05, 0.1) is 0 Å². The fourth-order valence-electron chi connectivity index (χ4n) is 1.55. The van der Waals surface area contributed by atoms with Gasteiger partial charge in [0.2, 0.25) is 0 Å². The van der Waals surface area contributed by atoms with Gasteiger partial charge in [-0.25, -0.2) is 4.39 Å². The number of carbonyl (C=O) groups is 2. The summed E-state index contributed by atoms with van der Waals surface area (Å²) < 4.78 is 13.2. The van der Waals surface area contributed by atoms with E-state index in [1.54, 1.807) is 26.0 Å². The maximum Gasteiger partial charge on any atom is 0.166 e. The molecule has 0 aromatic heterocycles. The molecule has 1 rings (SSSR count). The molecule has 3 heteroatoms. The minimum Gasteiger partial charge on any atom is -0.300 e. The zero-order valence-corrected chi connectivity index (χ0v) is 9.71. The van der Waals surface area contributed by atoms with Crippen molar-refractivity contribution in [2.24, 2.45) is 5.92 Å². The normalized spacial score (nSPS) is 12.2. The van der Waals surface area contributed by atoms with Gasteiger partial charge in [-0.2, -0.15) is 0 Å². The van der Waals surface area contributed by atoms with Gasteiger partial charge in [-0.15, -0.1) is 0 Å². The predicted molar refractivity (Wildman–Crippen MR) is 59.9 cm³/mol. The Hall–Kier alpha value is -1.51. The molecule has 0 spiro atoms. The monoisotopic (exact) mass is 222 g/mol. The smallest absolute Gasteiger partial charge is 0.166 e. The van der Waals surface area contributed by atoms with Crippen LogP contribution in [-0.2, 0) is 4.79 Å². The number of benzene rings is 1.